The molecule has 0 bridgehead atoms. The molecule has 1 nitrogen and oxygen atoms in total. The van der Waals surface area contributed by atoms with Crippen molar-refractivity contribution < 1.29 is 5.11 Å². The summed E-state index contributed by atoms with van der Waals surface area (Å²) in [7, 11) is 0. The number of benzene rings is 1. The van der Waals surface area contributed by atoms with Gasteiger partial charge in [0.2, 0.25) is 0 Å². The Morgan fingerprint density at radius 3 is 2.77 bits per heavy atom. The second-order valence-corrected chi connectivity index (χ2v) is 3.73. The van der Waals surface area contributed by atoms with Gasteiger partial charge >= 0.3 is 0 Å². The van der Waals surface area contributed by atoms with Crippen molar-refractivity contribution in [2.45, 2.75) is 19.8 Å². The van der Waals surface area contributed by atoms with Gasteiger partial charge < -0.3 is 5.11 Å². The van der Waals surface area contributed by atoms with Gasteiger partial charge in [-0.25, -0.2) is 0 Å². The monoisotopic (exact) mass is 198 g/mol. The molecule has 13 heavy (non-hydrogen) atoms. The van der Waals surface area contributed by atoms with Gasteiger partial charge in [-0.3, -0.25) is 0 Å². The second kappa shape index (κ2) is 5.25. The third kappa shape index (κ3) is 3.37. The molecule has 72 valence electrons. The average Bonchev–Trinajstić information content (AvgIpc) is 2.14. The van der Waals surface area contributed by atoms with Crippen LogP contribution in [0.25, 0.3) is 0 Å². The molecule has 0 aliphatic carbocycles. The zero-order valence-electron chi connectivity index (χ0n) is 7.83. The zero-order chi connectivity index (χ0) is 9.68. The normalized spacial score (nSPS) is 12.8. The molecule has 1 N–H and O–H groups in total. The molecule has 0 amide bonds. The average molecular weight is 199 g/mol. The van der Waals surface area contributed by atoms with Crippen molar-refractivity contribution in [2.75, 3.05) is 6.61 Å². The highest BCUT2D eigenvalue weighted by Gasteiger charge is 2.05. The second-order valence-electron chi connectivity index (χ2n) is 3.29. The fraction of sp³-hybridized carbons (Fsp3) is 0.455. The maximum atomic E-state index is 9.02. The smallest absolute Gasteiger partial charge is 0.0462 e. The summed E-state index contributed by atoms with van der Waals surface area (Å²) >= 11 is 5.85. The van der Waals surface area contributed by atoms with Crippen LogP contribution in [-0.2, 0) is 6.42 Å². The SMILES string of the molecule is CCC(CO)Cc1cccc(Cl)c1. The molecule has 1 unspecified atom stereocenters. The van der Waals surface area contributed by atoms with Crippen LogP contribution in [0.3, 0.4) is 0 Å². The van der Waals surface area contributed by atoms with Gasteiger partial charge in [0.1, 0.15) is 0 Å². The Morgan fingerprint density at radius 1 is 1.46 bits per heavy atom. The van der Waals surface area contributed by atoms with Gasteiger partial charge in [0.15, 0.2) is 0 Å². The van der Waals surface area contributed by atoms with Crippen molar-refractivity contribution in [2.24, 2.45) is 5.92 Å². The van der Waals surface area contributed by atoms with Gasteiger partial charge in [0.05, 0.1) is 0 Å². The minimum atomic E-state index is 0.253. The van der Waals surface area contributed by atoms with E-state index in [1.807, 2.05) is 24.3 Å². The van der Waals surface area contributed by atoms with Crippen molar-refractivity contribution in [1.82, 2.24) is 0 Å². The van der Waals surface area contributed by atoms with Crippen LogP contribution in [-0.4, -0.2) is 11.7 Å². The van der Waals surface area contributed by atoms with E-state index in [-0.39, 0.29) is 6.61 Å². The molecule has 1 atom stereocenters. The Bertz CT molecular complexity index is 256. The molecule has 1 rings (SSSR count). The first kappa shape index (κ1) is 10.6. The van der Waals surface area contributed by atoms with Crippen molar-refractivity contribution in [1.29, 1.82) is 0 Å². The number of halogens is 1. The first-order valence-corrected chi connectivity index (χ1v) is 4.99. The van der Waals surface area contributed by atoms with E-state index in [0.717, 1.165) is 17.9 Å². The van der Waals surface area contributed by atoms with E-state index in [0.29, 0.717) is 5.92 Å². The van der Waals surface area contributed by atoms with Gasteiger partial charge in [-0.2, -0.15) is 0 Å². The van der Waals surface area contributed by atoms with Crippen molar-refractivity contribution in [3.8, 4) is 0 Å². The van der Waals surface area contributed by atoms with Gasteiger partial charge in [-0.1, -0.05) is 37.1 Å². The third-order valence-corrected chi connectivity index (χ3v) is 2.48. The summed E-state index contributed by atoms with van der Waals surface area (Å²) in [6.45, 7) is 2.34. The highest BCUT2D eigenvalue weighted by molar-refractivity contribution is 6.30. The molecule has 0 spiro atoms. The largest absolute Gasteiger partial charge is 0.396 e. The molecule has 2 heteroatoms. The Labute approximate surface area is 84.4 Å². The standard InChI is InChI=1S/C11H15ClO/c1-2-9(8-13)6-10-4-3-5-11(12)7-10/h3-5,7,9,13H,2,6,8H2,1H3. The van der Waals surface area contributed by atoms with Crippen LogP contribution in [0.4, 0.5) is 0 Å². The van der Waals surface area contributed by atoms with Crippen LogP contribution in [0.5, 0.6) is 0 Å². The molecule has 0 aromatic heterocycles. The topological polar surface area (TPSA) is 20.2 Å². The Hall–Kier alpha value is -0.530. The van der Waals surface area contributed by atoms with Crippen molar-refractivity contribution >= 4 is 11.6 Å². The van der Waals surface area contributed by atoms with Crippen molar-refractivity contribution in [3.05, 3.63) is 34.9 Å². The molecular formula is C11H15ClO. The van der Waals surface area contributed by atoms with Gasteiger partial charge in [0, 0.05) is 11.6 Å². The molecule has 0 aliphatic heterocycles. The quantitative estimate of drug-likeness (QED) is 0.789. The predicted octanol–water partition coefficient (Wildman–Crippen LogP) is 2.90. The minimum Gasteiger partial charge on any atom is -0.396 e. The summed E-state index contributed by atoms with van der Waals surface area (Å²) in [6, 6.07) is 7.82. The number of rotatable bonds is 4. The summed E-state index contributed by atoms with van der Waals surface area (Å²) in [4.78, 5) is 0. The molecule has 1 aromatic rings. The molecule has 0 heterocycles. The fourth-order valence-electron chi connectivity index (χ4n) is 1.34. The molecule has 0 saturated heterocycles. The zero-order valence-corrected chi connectivity index (χ0v) is 8.59. The minimum absolute atomic E-state index is 0.253. The lowest BCUT2D eigenvalue weighted by molar-refractivity contribution is 0.222. The summed E-state index contributed by atoms with van der Waals surface area (Å²) in [6.07, 6.45) is 1.91. The van der Waals surface area contributed by atoms with E-state index in [9.17, 15) is 0 Å². The lowest BCUT2D eigenvalue weighted by atomic mass is 9.98. The first-order valence-electron chi connectivity index (χ1n) is 4.61. The highest BCUT2D eigenvalue weighted by Crippen LogP contribution is 2.15. The van der Waals surface area contributed by atoms with Gasteiger partial charge in [-0.05, 0) is 30.0 Å². The van der Waals surface area contributed by atoms with Crippen LogP contribution < -0.4 is 0 Å². The van der Waals surface area contributed by atoms with E-state index in [2.05, 4.69) is 6.92 Å². The van der Waals surface area contributed by atoms with Crippen LogP contribution in [0.2, 0.25) is 5.02 Å². The van der Waals surface area contributed by atoms with Crippen LogP contribution >= 0.6 is 11.6 Å². The molecule has 1 aromatic carbocycles. The molecule has 0 radical (unpaired) electrons. The maximum Gasteiger partial charge on any atom is 0.0462 e. The third-order valence-electron chi connectivity index (χ3n) is 2.25. The lowest BCUT2D eigenvalue weighted by Crippen LogP contribution is -2.07. The number of aliphatic hydroxyl groups excluding tert-OH is 1. The van der Waals surface area contributed by atoms with Crippen LogP contribution in [0, 0.1) is 5.92 Å². The summed E-state index contributed by atoms with van der Waals surface area (Å²) in [5.74, 6) is 0.360. The maximum absolute atomic E-state index is 9.02. The summed E-state index contributed by atoms with van der Waals surface area (Å²) in [5.41, 5.74) is 1.20. The van der Waals surface area contributed by atoms with E-state index >= 15 is 0 Å². The van der Waals surface area contributed by atoms with Gasteiger partial charge in [0.25, 0.3) is 0 Å². The van der Waals surface area contributed by atoms with Crippen LogP contribution in [0.1, 0.15) is 18.9 Å². The number of hydrogen-bond acceptors (Lipinski definition) is 1. The summed E-state index contributed by atoms with van der Waals surface area (Å²) < 4.78 is 0. The van der Waals surface area contributed by atoms with Crippen LogP contribution in [0.15, 0.2) is 24.3 Å². The highest BCUT2D eigenvalue weighted by atomic mass is 35.5. The number of aliphatic hydroxyl groups is 1. The Kier molecular flexibility index (Phi) is 4.26. The Morgan fingerprint density at radius 2 is 2.23 bits per heavy atom. The van der Waals surface area contributed by atoms with E-state index in [1.54, 1.807) is 0 Å². The first-order chi connectivity index (χ1) is 6.26. The van der Waals surface area contributed by atoms with E-state index in [4.69, 9.17) is 16.7 Å². The molecule has 0 saturated carbocycles. The molecular weight excluding hydrogens is 184 g/mol. The molecule has 0 aliphatic rings. The predicted molar refractivity (Wildman–Crippen MR) is 56.0 cm³/mol. The number of hydrogen-bond donors (Lipinski definition) is 1. The van der Waals surface area contributed by atoms with E-state index < -0.39 is 0 Å². The Balaban J connectivity index is 2.62. The van der Waals surface area contributed by atoms with Gasteiger partial charge in [-0.15, -0.1) is 0 Å². The lowest BCUT2D eigenvalue weighted by Gasteiger charge is -2.11. The summed E-state index contributed by atoms with van der Waals surface area (Å²) in [5, 5.41) is 9.79. The molecule has 0 fully saturated rings. The van der Waals surface area contributed by atoms with Crippen molar-refractivity contribution in [3.63, 3.8) is 0 Å². The fourth-order valence-corrected chi connectivity index (χ4v) is 1.55. The van der Waals surface area contributed by atoms with E-state index in [1.165, 1.54) is 5.56 Å².